The van der Waals surface area contributed by atoms with Crippen LogP contribution in [0.1, 0.15) is 13.8 Å². The number of rotatable bonds is 2. The molecular formula is C10H29N3O6. The van der Waals surface area contributed by atoms with E-state index in [4.69, 9.17) is 30.0 Å². The van der Waals surface area contributed by atoms with E-state index in [0.29, 0.717) is 0 Å². The summed E-state index contributed by atoms with van der Waals surface area (Å²) in [6.45, 7) is 6.39. The van der Waals surface area contributed by atoms with Crippen molar-refractivity contribution in [2.75, 3.05) is 41.3 Å². The van der Waals surface area contributed by atoms with Gasteiger partial charge in [0.2, 0.25) is 0 Å². The van der Waals surface area contributed by atoms with Crippen LogP contribution in [0.5, 0.6) is 0 Å². The normalized spacial score (nSPS) is 6.63. The fraction of sp³-hybridized carbons (Fsp3) is 0.800. The molecule has 9 heteroatoms. The second-order valence-electron chi connectivity index (χ2n) is 2.52. The van der Waals surface area contributed by atoms with Crippen LogP contribution in [0.4, 0.5) is 9.59 Å². The summed E-state index contributed by atoms with van der Waals surface area (Å²) < 4.78 is 0. The van der Waals surface area contributed by atoms with Crippen molar-refractivity contribution in [2.45, 2.75) is 13.8 Å². The molecule has 0 rings (SSSR count). The average molecular weight is 287 g/mol. The molecule has 0 spiro atoms. The Bertz CT molecular complexity index is 134. The molecule has 120 valence electrons. The maximum absolute atomic E-state index is 8.56. The van der Waals surface area contributed by atoms with Crippen molar-refractivity contribution in [3.63, 3.8) is 0 Å². The Hall–Kier alpha value is -1.58. The smallest absolute Gasteiger partial charge is 0.450 e. The molecule has 0 aromatic carbocycles. The third-order valence-corrected chi connectivity index (χ3v) is 0.500. The van der Waals surface area contributed by atoms with Crippen LogP contribution in [0.15, 0.2) is 0 Å². The Morgan fingerprint density at radius 2 is 0.842 bits per heavy atom. The lowest BCUT2D eigenvalue weighted by molar-refractivity contribution is 0.135. The Kier molecular flexibility index (Phi) is 70.5. The fourth-order valence-corrected chi connectivity index (χ4v) is 0.250. The van der Waals surface area contributed by atoms with Gasteiger partial charge in [-0.2, -0.15) is 0 Å². The molecule has 0 heterocycles. The predicted molar refractivity (Wildman–Crippen MR) is 75.5 cm³/mol. The van der Waals surface area contributed by atoms with Crippen LogP contribution in [0, 0.1) is 0 Å². The topological polar surface area (TPSA) is 151 Å². The molecule has 0 amide bonds. The van der Waals surface area contributed by atoms with Gasteiger partial charge in [-0.1, -0.05) is 13.8 Å². The predicted octanol–water partition coefficient (Wildman–Crippen LogP) is 0.732. The highest BCUT2D eigenvalue weighted by Crippen LogP contribution is 1.47. The third kappa shape index (κ3) is 19400. The standard InChI is InChI=1S/C4H11N.2C2H7N.2CH2O3/c1-3-5-4-2;2*1-3-2;2*2-1(3)4/h5H,3-4H2,1-2H3;2*3H,1-2H3;2*(H2,2,3,4). The molecule has 0 aromatic heterocycles. The van der Waals surface area contributed by atoms with Crippen molar-refractivity contribution in [1.82, 2.24) is 16.0 Å². The van der Waals surface area contributed by atoms with Gasteiger partial charge in [-0.25, -0.2) is 9.59 Å². The average Bonchev–Trinajstić information content (AvgIpc) is 2.19. The number of hydrogen-bond donors (Lipinski definition) is 7. The zero-order chi connectivity index (χ0) is 16.7. The van der Waals surface area contributed by atoms with Crippen molar-refractivity contribution in [2.24, 2.45) is 0 Å². The largest absolute Gasteiger partial charge is 0.503 e. The summed E-state index contributed by atoms with van der Waals surface area (Å²) in [5.74, 6) is 0. The summed E-state index contributed by atoms with van der Waals surface area (Å²) in [6.07, 6.45) is -3.67. The first-order valence-electron chi connectivity index (χ1n) is 5.42. The summed E-state index contributed by atoms with van der Waals surface area (Å²) in [6, 6.07) is 0. The number of hydrogen-bond acceptors (Lipinski definition) is 5. The molecule has 0 atom stereocenters. The Labute approximate surface area is 114 Å². The van der Waals surface area contributed by atoms with Crippen molar-refractivity contribution in [1.29, 1.82) is 0 Å². The molecule has 0 saturated carbocycles. The van der Waals surface area contributed by atoms with Gasteiger partial charge in [0.15, 0.2) is 0 Å². The van der Waals surface area contributed by atoms with Crippen LogP contribution < -0.4 is 16.0 Å². The number of nitrogens with one attached hydrogen (secondary N) is 3. The van der Waals surface area contributed by atoms with Crippen molar-refractivity contribution >= 4 is 12.3 Å². The second-order valence-corrected chi connectivity index (χ2v) is 2.52. The minimum atomic E-state index is -1.83. The first-order chi connectivity index (χ1) is 8.71. The van der Waals surface area contributed by atoms with Crippen molar-refractivity contribution < 1.29 is 30.0 Å². The molecule has 9 nitrogen and oxygen atoms in total. The summed E-state index contributed by atoms with van der Waals surface area (Å²) >= 11 is 0. The summed E-state index contributed by atoms with van der Waals surface area (Å²) in [5, 5.41) is 36.5. The highest BCUT2D eigenvalue weighted by molar-refractivity contribution is 5.53. The second kappa shape index (κ2) is 44.0. The van der Waals surface area contributed by atoms with E-state index in [-0.39, 0.29) is 0 Å². The molecule has 0 fully saturated rings. The lowest BCUT2D eigenvalue weighted by Gasteiger charge is -1.86. The van der Waals surface area contributed by atoms with Gasteiger partial charge in [0.05, 0.1) is 0 Å². The van der Waals surface area contributed by atoms with Gasteiger partial charge in [-0.3, -0.25) is 0 Å². The highest BCUT2D eigenvalue weighted by Gasteiger charge is 1.70. The van der Waals surface area contributed by atoms with Crippen molar-refractivity contribution in [3.8, 4) is 0 Å². The Morgan fingerprint density at radius 3 is 0.842 bits per heavy atom. The molecule has 7 N–H and O–H groups in total. The van der Waals surface area contributed by atoms with Crippen LogP contribution in [0.2, 0.25) is 0 Å². The molecule has 0 aliphatic carbocycles. The first-order valence-corrected chi connectivity index (χ1v) is 5.42. The molecule has 0 aliphatic rings. The van der Waals surface area contributed by atoms with Crippen LogP contribution in [-0.4, -0.2) is 74.0 Å². The van der Waals surface area contributed by atoms with E-state index in [1.165, 1.54) is 0 Å². The quantitative estimate of drug-likeness (QED) is 0.390. The van der Waals surface area contributed by atoms with Crippen LogP contribution in [0.25, 0.3) is 0 Å². The molecule has 0 bridgehead atoms. The van der Waals surface area contributed by atoms with Gasteiger partial charge in [0, 0.05) is 0 Å². The zero-order valence-corrected chi connectivity index (χ0v) is 12.5. The molecular weight excluding hydrogens is 258 g/mol. The number of carbonyl (C=O) groups is 2. The minimum Gasteiger partial charge on any atom is -0.450 e. The van der Waals surface area contributed by atoms with Gasteiger partial charge in [0.25, 0.3) is 0 Å². The monoisotopic (exact) mass is 287 g/mol. The summed E-state index contributed by atoms with van der Waals surface area (Å²) in [4.78, 5) is 17.1. The lowest BCUT2D eigenvalue weighted by atomic mass is 10.7. The lowest BCUT2D eigenvalue weighted by Crippen LogP contribution is -2.09. The van der Waals surface area contributed by atoms with E-state index >= 15 is 0 Å². The van der Waals surface area contributed by atoms with E-state index < -0.39 is 12.3 Å². The Morgan fingerprint density at radius 1 is 0.737 bits per heavy atom. The van der Waals surface area contributed by atoms with E-state index in [0.717, 1.165) is 13.1 Å². The molecule has 0 saturated heterocycles. The third-order valence-electron chi connectivity index (χ3n) is 0.500. The van der Waals surface area contributed by atoms with Crippen LogP contribution >= 0.6 is 0 Å². The minimum absolute atomic E-state index is 1.09. The van der Waals surface area contributed by atoms with Gasteiger partial charge in [-0.15, -0.1) is 0 Å². The maximum Gasteiger partial charge on any atom is 0.503 e. The Balaban J connectivity index is -0.0000000437. The summed E-state index contributed by atoms with van der Waals surface area (Å²) in [7, 11) is 7.50. The van der Waals surface area contributed by atoms with Crippen LogP contribution in [0.3, 0.4) is 0 Å². The van der Waals surface area contributed by atoms with Crippen molar-refractivity contribution in [3.05, 3.63) is 0 Å². The van der Waals surface area contributed by atoms with Gasteiger partial charge in [0.1, 0.15) is 0 Å². The van der Waals surface area contributed by atoms with E-state index in [1.807, 2.05) is 28.2 Å². The zero-order valence-electron chi connectivity index (χ0n) is 12.5. The van der Waals surface area contributed by atoms with E-state index in [9.17, 15) is 0 Å². The molecule has 19 heavy (non-hydrogen) atoms. The van der Waals surface area contributed by atoms with Crippen LogP contribution in [-0.2, 0) is 0 Å². The fourth-order valence-electron chi connectivity index (χ4n) is 0.250. The van der Waals surface area contributed by atoms with E-state index in [1.54, 1.807) is 0 Å². The SMILES string of the molecule is CCNCC.CNC.CNC.O=C(O)O.O=C(O)O. The summed E-state index contributed by atoms with van der Waals surface area (Å²) in [5.41, 5.74) is 0. The molecule has 0 aliphatic heterocycles. The molecule has 0 aromatic rings. The first kappa shape index (κ1) is 30.4. The highest BCUT2D eigenvalue weighted by atomic mass is 16.6. The molecule has 0 unspecified atom stereocenters. The van der Waals surface area contributed by atoms with Gasteiger partial charge in [-0.05, 0) is 41.3 Å². The van der Waals surface area contributed by atoms with Gasteiger partial charge >= 0.3 is 12.3 Å². The number of carboxylic acid groups (broad SMARTS) is 4. The van der Waals surface area contributed by atoms with E-state index in [2.05, 4.69) is 29.8 Å². The van der Waals surface area contributed by atoms with Gasteiger partial charge < -0.3 is 36.4 Å². The maximum atomic E-state index is 8.56. The molecule has 0 radical (unpaired) electrons.